The first-order valence-corrected chi connectivity index (χ1v) is 13.3. The van der Waals surface area contributed by atoms with Crippen LogP contribution >= 0.6 is 0 Å². The van der Waals surface area contributed by atoms with Crippen molar-refractivity contribution in [1.82, 2.24) is 24.6 Å². The Bertz CT molecular complexity index is 1320. The lowest BCUT2D eigenvalue weighted by molar-refractivity contribution is 0.102. The van der Waals surface area contributed by atoms with Gasteiger partial charge in [0, 0.05) is 46.9 Å². The van der Waals surface area contributed by atoms with Crippen LogP contribution in [0.1, 0.15) is 73.5 Å². The molecule has 190 valence electrons. The molecule has 0 saturated carbocycles. The molecule has 0 unspecified atom stereocenters. The Morgan fingerprint density at radius 2 is 1.92 bits per heavy atom. The van der Waals surface area contributed by atoms with E-state index in [1.165, 1.54) is 37.8 Å². The number of amides is 1. The lowest BCUT2D eigenvalue weighted by atomic mass is 10.1. The van der Waals surface area contributed by atoms with Gasteiger partial charge in [0.15, 0.2) is 0 Å². The van der Waals surface area contributed by atoms with Gasteiger partial charge in [0.25, 0.3) is 5.91 Å². The molecule has 3 aromatic heterocycles. The van der Waals surface area contributed by atoms with Crippen LogP contribution < -0.4 is 11.1 Å². The number of carbonyl (C=O) groups is 1. The van der Waals surface area contributed by atoms with E-state index in [2.05, 4.69) is 38.4 Å². The van der Waals surface area contributed by atoms with E-state index in [0.29, 0.717) is 17.4 Å². The highest BCUT2D eigenvalue weighted by Crippen LogP contribution is 2.32. The molecule has 1 fully saturated rings. The zero-order valence-electron chi connectivity index (χ0n) is 21.2. The predicted octanol–water partition coefficient (Wildman–Crippen LogP) is 5.23. The SMILES string of the molecule is CN1CCC[C@H]1c1cc2cnc(NC(=O)c3ccc4c(cnn4CCCCCCCCN)c3)cc2[nH]1. The van der Waals surface area contributed by atoms with Gasteiger partial charge in [-0.2, -0.15) is 5.10 Å². The van der Waals surface area contributed by atoms with Crippen LogP contribution in [0.3, 0.4) is 0 Å². The van der Waals surface area contributed by atoms with Gasteiger partial charge in [-0.05, 0) is 70.1 Å². The number of hydrogen-bond acceptors (Lipinski definition) is 5. The fourth-order valence-electron chi connectivity index (χ4n) is 5.31. The summed E-state index contributed by atoms with van der Waals surface area (Å²) in [6, 6.07) is 10.3. The molecule has 4 aromatic rings. The molecule has 0 radical (unpaired) electrons. The van der Waals surface area contributed by atoms with Crippen LogP contribution in [-0.2, 0) is 6.54 Å². The van der Waals surface area contributed by atoms with Crippen molar-refractivity contribution >= 4 is 33.5 Å². The normalized spacial score (nSPS) is 16.3. The maximum atomic E-state index is 13.0. The number of nitrogens with zero attached hydrogens (tertiary/aromatic N) is 4. The fraction of sp³-hybridized carbons (Fsp3) is 0.464. The summed E-state index contributed by atoms with van der Waals surface area (Å²) in [7, 11) is 2.17. The average Bonchev–Trinajstić information content (AvgIpc) is 3.60. The van der Waals surface area contributed by atoms with Crippen molar-refractivity contribution in [3.8, 4) is 0 Å². The van der Waals surface area contributed by atoms with Crippen LogP contribution in [0, 0.1) is 0 Å². The van der Waals surface area contributed by atoms with Crippen LogP contribution in [0.5, 0.6) is 0 Å². The molecule has 5 rings (SSSR count). The van der Waals surface area contributed by atoms with Crippen LogP contribution in [0.15, 0.2) is 42.7 Å². The molecule has 8 heteroatoms. The number of likely N-dealkylation sites (tertiary alicyclic amines) is 1. The van der Waals surface area contributed by atoms with Crippen LogP contribution in [0.4, 0.5) is 5.82 Å². The Morgan fingerprint density at radius 1 is 1.08 bits per heavy atom. The maximum absolute atomic E-state index is 13.0. The highest BCUT2D eigenvalue weighted by atomic mass is 16.1. The largest absolute Gasteiger partial charge is 0.357 e. The zero-order chi connectivity index (χ0) is 24.9. The molecular formula is C28H37N7O. The number of nitrogens with one attached hydrogen (secondary N) is 2. The first-order chi connectivity index (χ1) is 17.6. The maximum Gasteiger partial charge on any atom is 0.256 e. The van der Waals surface area contributed by atoms with E-state index in [-0.39, 0.29) is 5.91 Å². The number of aromatic amines is 1. The van der Waals surface area contributed by atoms with Gasteiger partial charge < -0.3 is 16.0 Å². The summed E-state index contributed by atoms with van der Waals surface area (Å²) in [4.78, 5) is 23.4. The van der Waals surface area contributed by atoms with Gasteiger partial charge in [0.2, 0.25) is 0 Å². The monoisotopic (exact) mass is 487 g/mol. The highest BCUT2D eigenvalue weighted by molar-refractivity contribution is 6.06. The number of anilines is 1. The van der Waals surface area contributed by atoms with Crippen molar-refractivity contribution in [1.29, 1.82) is 0 Å². The van der Waals surface area contributed by atoms with Crippen molar-refractivity contribution in [2.45, 2.75) is 64.0 Å². The molecule has 8 nitrogen and oxygen atoms in total. The molecule has 1 aliphatic rings. The van der Waals surface area contributed by atoms with Gasteiger partial charge in [-0.15, -0.1) is 0 Å². The number of rotatable bonds is 11. The number of aryl methyl sites for hydroxylation is 1. The van der Waals surface area contributed by atoms with Crippen molar-refractivity contribution in [3.05, 3.63) is 54.0 Å². The van der Waals surface area contributed by atoms with Gasteiger partial charge in [-0.25, -0.2) is 4.98 Å². The fourth-order valence-corrected chi connectivity index (χ4v) is 5.31. The number of nitrogens with two attached hydrogens (primary N) is 1. The van der Waals surface area contributed by atoms with E-state index in [1.54, 1.807) is 0 Å². The molecule has 1 aromatic carbocycles. The molecule has 36 heavy (non-hydrogen) atoms. The van der Waals surface area contributed by atoms with Crippen molar-refractivity contribution in [2.75, 3.05) is 25.5 Å². The summed E-state index contributed by atoms with van der Waals surface area (Å²) in [6.07, 6.45) is 13.2. The minimum absolute atomic E-state index is 0.170. The summed E-state index contributed by atoms with van der Waals surface area (Å²) < 4.78 is 2.04. The highest BCUT2D eigenvalue weighted by Gasteiger charge is 2.24. The van der Waals surface area contributed by atoms with Crippen LogP contribution in [0.25, 0.3) is 21.8 Å². The topological polar surface area (TPSA) is 105 Å². The smallest absolute Gasteiger partial charge is 0.256 e. The molecule has 0 bridgehead atoms. The number of fused-ring (bicyclic) bond motifs is 2. The number of benzene rings is 1. The minimum atomic E-state index is -0.170. The summed E-state index contributed by atoms with van der Waals surface area (Å²) in [6.45, 7) is 2.81. The number of pyridine rings is 1. The lowest BCUT2D eigenvalue weighted by Gasteiger charge is -2.17. The van der Waals surface area contributed by atoms with Gasteiger partial charge in [-0.3, -0.25) is 14.4 Å². The summed E-state index contributed by atoms with van der Waals surface area (Å²) in [5.74, 6) is 0.374. The average molecular weight is 488 g/mol. The molecule has 1 amide bonds. The number of aromatic nitrogens is 4. The molecular weight excluding hydrogens is 450 g/mol. The van der Waals surface area contributed by atoms with E-state index in [0.717, 1.165) is 60.7 Å². The Morgan fingerprint density at radius 3 is 2.72 bits per heavy atom. The van der Waals surface area contributed by atoms with Crippen LogP contribution in [-0.4, -0.2) is 50.7 Å². The molecule has 1 aliphatic heterocycles. The van der Waals surface area contributed by atoms with Crippen molar-refractivity contribution in [3.63, 3.8) is 0 Å². The second-order valence-electron chi connectivity index (χ2n) is 10.0. The van der Waals surface area contributed by atoms with Gasteiger partial charge in [0.1, 0.15) is 5.82 Å². The second kappa shape index (κ2) is 11.2. The molecule has 1 saturated heterocycles. The number of carbonyl (C=O) groups excluding carboxylic acids is 1. The second-order valence-corrected chi connectivity index (χ2v) is 10.0. The van der Waals surface area contributed by atoms with Crippen LogP contribution in [0.2, 0.25) is 0 Å². The van der Waals surface area contributed by atoms with Gasteiger partial charge in [0.05, 0.1) is 17.2 Å². The van der Waals surface area contributed by atoms with Gasteiger partial charge >= 0.3 is 0 Å². The molecule has 0 spiro atoms. The molecule has 4 heterocycles. The molecule has 4 N–H and O–H groups in total. The standard InChI is InChI=1S/C28H37N7O/c1-34-13-8-9-26(34)24-16-21-18-30-27(17-23(21)32-24)33-28(36)20-10-11-25-22(15-20)19-31-35(25)14-7-5-3-2-4-6-12-29/h10-11,15-19,26,32H,2-9,12-14,29H2,1H3,(H,30,33,36)/t26-/m0/s1. The van der Waals surface area contributed by atoms with E-state index in [1.807, 2.05) is 41.3 Å². The van der Waals surface area contributed by atoms with E-state index >= 15 is 0 Å². The number of H-pyrrole nitrogens is 1. The number of unbranched alkanes of at least 4 members (excludes halogenated alkanes) is 5. The molecule has 1 atom stereocenters. The third-order valence-electron chi connectivity index (χ3n) is 7.37. The number of hydrogen-bond donors (Lipinski definition) is 3. The Hall–Kier alpha value is -3.23. The minimum Gasteiger partial charge on any atom is -0.357 e. The third kappa shape index (κ3) is 5.44. The van der Waals surface area contributed by atoms with E-state index < -0.39 is 0 Å². The summed E-state index contributed by atoms with van der Waals surface area (Å²) in [5, 5.41) is 9.54. The first kappa shape index (κ1) is 24.5. The zero-order valence-corrected chi connectivity index (χ0v) is 21.2. The first-order valence-electron chi connectivity index (χ1n) is 13.3. The third-order valence-corrected chi connectivity index (χ3v) is 7.37. The quantitative estimate of drug-likeness (QED) is 0.251. The van der Waals surface area contributed by atoms with Crippen molar-refractivity contribution in [2.24, 2.45) is 5.73 Å². The molecule has 0 aliphatic carbocycles. The Kier molecular flexibility index (Phi) is 7.63. The Labute approximate surface area is 212 Å². The summed E-state index contributed by atoms with van der Waals surface area (Å²) in [5.41, 5.74) is 9.42. The van der Waals surface area contributed by atoms with E-state index in [4.69, 9.17) is 5.73 Å². The van der Waals surface area contributed by atoms with E-state index in [9.17, 15) is 4.79 Å². The summed E-state index contributed by atoms with van der Waals surface area (Å²) >= 11 is 0. The predicted molar refractivity (Wildman–Crippen MR) is 145 cm³/mol. The Balaban J connectivity index is 1.20. The van der Waals surface area contributed by atoms with Crippen molar-refractivity contribution < 1.29 is 4.79 Å². The van der Waals surface area contributed by atoms with Gasteiger partial charge in [-0.1, -0.05) is 25.7 Å². The lowest BCUT2D eigenvalue weighted by Crippen LogP contribution is -2.17.